The molecule has 4 aromatic rings. The van der Waals surface area contributed by atoms with Crippen molar-refractivity contribution in [3.05, 3.63) is 65.9 Å². The summed E-state index contributed by atoms with van der Waals surface area (Å²) in [5.74, 6) is 1.86. The highest BCUT2D eigenvalue weighted by molar-refractivity contribution is 7.21. The number of ether oxygens (including phenoxy) is 2. The fourth-order valence-electron chi connectivity index (χ4n) is 3.08. The highest BCUT2D eigenvalue weighted by atomic mass is 32.1. The van der Waals surface area contributed by atoms with Gasteiger partial charge < -0.3 is 19.2 Å². The van der Waals surface area contributed by atoms with Crippen molar-refractivity contribution in [1.82, 2.24) is 10.3 Å². The first kappa shape index (κ1) is 19.0. The molecule has 0 aliphatic carbocycles. The van der Waals surface area contributed by atoms with Gasteiger partial charge >= 0.3 is 0 Å². The van der Waals surface area contributed by atoms with Crippen LogP contribution >= 0.6 is 11.3 Å². The fourth-order valence-corrected chi connectivity index (χ4v) is 4.00. The number of carbonyl (C=O) groups excluding carboxylic acids is 1. The summed E-state index contributed by atoms with van der Waals surface area (Å²) in [5, 5.41) is 3.69. The Labute approximate surface area is 172 Å². The summed E-state index contributed by atoms with van der Waals surface area (Å²) in [5.41, 5.74) is 1.73. The van der Waals surface area contributed by atoms with Crippen molar-refractivity contribution in [1.29, 1.82) is 0 Å². The van der Waals surface area contributed by atoms with Crippen molar-refractivity contribution < 1.29 is 18.7 Å². The van der Waals surface area contributed by atoms with E-state index in [0.717, 1.165) is 20.8 Å². The Bertz CT molecular complexity index is 1130. The lowest BCUT2D eigenvalue weighted by Gasteiger charge is -2.17. The minimum absolute atomic E-state index is 0.230. The van der Waals surface area contributed by atoms with Gasteiger partial charge in [-0.3, -0.25) is 4.79 Å². The second-order valence-electron chi connectivity index (χ2n) is 6.45. The molecule has 2 aromatic carbocycles. The summed E-state index contributed by atoms with van der Waals surface area (Å²) in [6.07, 6.45) is 0. The minimum atomic E-state index is -0.310. The molecule has 1 N–H and O–H groups in total. The molecule has 6 nitrogen and oxygen atoms in total. The molecule has 4 rings (SSSR count). The van der Waals surface area contributed by atoms with Crippen LogP contribution in [0.5, 0.6) is 11.5 Å². The van der Waals surface area contributed by atoms with Crippen LogP contribution in [-0.4, -0.2) is 25.1 Å². The van der Waals surface area contributed by atoms with Gasteiger partial charge in [0.2, 0.25) is 0 Å². The number of hydrogen-bond acceptors (Lipinski definition) is 6. The Morgan fingerprint density at radius 1 is 1.10 bits per heavy atom. The first-order valence-electron chi connectivity index (χ1n) is 9.07. The molecule has 0 unspecified atom stereocenters. The van der Waals surface area contributed by atoms with Gasteiger partial charge in [0, 0.05) is 5.56 Å². The predicted molar refractivity (Wildman–Crippen MR) is 113 cm³/mol. The number of hydrogen-bond donors (Lipinski definition) is 1. The van der Waals surface area contributed by atoms with Crippen LogP contribution in [0.2, 0.25) is 0 Å². The van der Waals surface area contributed by atoms with E-state index in [1.807, 2.05) is 49.4 Å². The highest BCUT2D eigenvalue weighted by Crippen LogP contribution is 2.32. The third-order valence-electron chi connectivity index (χ3n) is 4.59. The molecule has 2 heterocycles. The van der Waals surface area contributed by atoms with E-state index in [-0.39, 0.29) is 17.7 Å². The van der Waals surface area contributed by atoms with E-state index in [2.05, 4.69) is 10.3 Å². The average molecular weight is 408 g/mol. The van der Waals surface area contributed by atoms with E-state index in [1.165, 1.54) is 11.3 Å². The van der Waals surface area contributed by atoms with E-state index in [1.54, 1.807) is 26.4 Å². The van der Waals surface area contributed by atoms with E-state index >= 15 is 0 Å². The monoisotopic (exact) mass is 408 g/mol. The first-order valence-corrected chi connectivity index (χ1v) is 9.89. The van der Waals surface area contributed by atoms with Crippen molar-refractivity contribution in [2.75, 3.05) is 14.2 Å². The van der Waals surface area contributed by atoms with Gasteiger partial charge in [-0.2, -0.15) is 0 Å². The van der Waals surface area contributed by atoms with Crippen LogP contribution in [0.4, 0.5) is 0 Å². The van der Waals surface area contributed by atoms with Crippen LogP contribution in [0.25, 0.3) is 21.0 Å². The van der Waals surface area contributed by atoms with Gasteiger partial charge in [0.05, 0.1) is 30.5 Å². The lowest BCUT2D eigenvalue weighted by Crippen LogP contribution is -2.26. The second-order valence-corrected chi connectivity index (χ2v) is 7.48. The molecule has 0 bridgehead atoms. The van der Waals surface area contributed by atoms with Crippen molar-refractivity contribution in [2.24, 2.45) is 0 Å². The molecular weight excluding hydrogens is 388 g/mol. The number of methoxy groups -OCH3 is 2. The number of nitrogens with zero attached hydrogens (tertiary/aromatic N) is 1. The van der Waals surface area contributed by atoms with Crippen molar-refractivity contribution >= 4 is 27.5 Å². The normalized spacial score (nSPS) is 12.0. The zero-order chi connectivity index (χ0) is 20.4. The Balaban J connectivity index is 1.53. The number of furan rings is 1. The van der Waals surface area contributed by atoms with E-state index in [9.17, 15) is 4.79 Å². The molecular formula is C22H20N2O4S. The molecule has 0 saturated carbocycles. The van der Waals surface area contributed by atoms with Crippen molar-refractivity contribution in [3.63, 3.8) is 0 Å². The van der Waals surface area contributed by atoms with Gasteiger partial charge in [-0.1, -0.05) is 12.1 Å². The molecule has 0 fully saturated rings. The third kappa shape index (κ3) is 3.82. The zero-order valence-electron chi connectivity index (χ0n) is 16.3. The molecule has 0 saturated heterocycles. The zero-order valence-corrected chi connectivity index (χ0v) is 17.1. The molecule has 29 heavy (non-hydrogen) atoms. The Kier molecular flexibility index (Phi) is 5.22. The topological polar surface area (TPSA) is 73.6 Å². The van der Waals surface area contributed by atoms with Gasteiger partial charge in [-0.25, -0.2) is 4.98 Å². The number of rotatable bonds is 6. The van der Waals surface area contributed by atoms with Crippen molar-refractivity contribution in [2.45, 2.75) is 13.0 Å². The predicted octanol–water partition coefficient (Wildman–Crippen LogP) is 5.06. The Morgan fingerprint density at radius 2 is 1.93 bits per heavy atom. The summed E-state index contributed by atoms with van der Waals surface area (Å²) in [7, 11) is 3.19. The number of carbonyl (C=O) groups is 1. The van der Waals surface area contributed by atoms with E-state index in [0.29, 0.717) is 17.3 Å². The molecule has 1 atom stereocenters. The van der Waals surface area contributed by atoms with Crippen LogP contribution in [-0.2, 0) is 0 Å². The first-order chi connectivity index (χ1) is 14.1. The maximum atomic E-state index is 12.7. The SMILES string of the molecule is COc1ccc(OC)c([C@@H](C)NC(=O)c2ccc(-c3nc4ccccc4s3)o2)c1. The summed E-state index contributed by atoms with van der Waals surface area (Å²) >= 11 is 1.53. The Hall–Kier alpha value is -3.32. The molecule has 0 spiro atoms. The molecule has 0 radical (unpaired) electrons. The molecule has 0 aliphatic heterocycles. The molecule has 148 valence electrons. The summed E-state index contributed by atoms with van der Waals surface area (Å²) in [6.45, 7) is 1.88. The van der Waals surface area contributed by atoms with Gasteiger partial charge in [-0.15, -0.1) is 11.3 Å². The maximum Gasteiger partial charge on any atom is 0.287 e. The third-order valence-corrected chi connectivity index (χ3v) is 5.64. The molecule has 2 aromatic heterocycles. The van der Waals surface area contributed by atoms with Crippen LogP contribution < -0.4 is 14.8 Å². The van der Waals surface area contributed by atoms with Gasteiger partial charge in [-0.05, 0) is 49.4 Å². The minimum Gasteiger partial charge on any atom is -0.497 e. The number of aromatic nitrogens is 1. The highest BCUT2D eigenvalue weighted by Gasteiger charge is 2.19. The van der Waals surface area contributed by atoms with Crippen LogP contribution in [0.3, 0.4) is 0 Å². The number of nitrogens with one attached hydrogen (secondary N) is 1. The van der Waals surface area contributed by atoms with Crippen LogP contribution in [0.1, 0.15) is 29.1 Å². The van der Waals surface area contributed by atoms with Crippen molar-refractivity contribution in [3.8, 4) is 22.3 Å². The average Bonchev–Trinajstić information content (AvgIpc) is 3.40. The Morgan fingerprint density at radius 3 is 2.69 bits per heavy atom. The number of benzene rings is 2. The number of para-hydroxylation sites is 1. The van der Waals surface area contributed by atoms with Gasteiger partial charge in [0.15, 0.2) is 16.5 Å². The molecule has 0 aliphatic rings. The summed E-state index contributed by atoms with van der Waals surface area (Å²) in [4.78, 5) is 17.3. The lowest BCUT2D eigenvalue weighted by atomic mass is 10.1. The van der Waals surface area contributed by atoms with Gasteiger partial charge in [0.1, 0.15) is 11.5 Å². The number of amides is 1. The van der Waals surface area contributed by atoms with Gasteiger partial charge in [0.25, 0.3) is 5.91 Å². The maximum absolute atomic E-state index is 12.7. The standard InChI is InChI=1S/C22H20N2O4S/c1-13(15-12-14(26-2)8-9-17(15)27-3)23-21(25)18-10-11-19(28-18)22-24-16-6-4-5-7-20(16)29-22/h4-13H,1-3H3,(H,23,25)/t13-/m1/s1. The lowest BCUT2D eigenvalue weighted by molar-refractivity contribution is 0.0912. The quantitative estimate of drug-likeness (QED) is 0.482. The van der Waals surface area contributed by atoms with E-state index in [4.69, 9.17) is 13.9 Å². The molecule has 1 amide bonds. The van der Waals surface area contributed by atoms with Crippen LogP contribution in [0.15, 0.2) is 59.0 Å². The fraction of sp³-hybridized carbons (Fsp3) is 0.182. The summed E-state index contributed by atoms with van der Waals surface area (Å²) < 4.78 is 17.5. The smallest absolute Gasteiger partial charge is 0.287 e. The second kappa shape index (κ2) is 7.97. The molecule has 7 heteroatoms. The van der Waals surface area contributed by atoms with Crippen LogP contribution in [0, 0.1) is 0 Å². The van der Waals surface area contributed by atoms with E-state index < -0.39 is 0 Å². The number of thiazole rings is 1. The largest absolute Gasteiger partial charge is 0.497 e. The number of fused-ring (bicyclic) bond motifs is 1. The summed E-state index contributed by atoms with van der Waals surface area (Å²) in [6, 6.07) is 16.5.